The maximum absolute atomic E-state index is 13.0. The second-order valence-electron chi connectivity index (χ2n) is 13.8. The van der Waals surface area contributed by atoms with Gasteiger partial charge in [0.25, 0.3) is 0 Å². The lowest BCUT2D eigenvalue weighted by Crippen LogP contribution is -2.72. The van der Waals surface area contributed by atoms with Crippen LogP contribution in [0.25, 0.3) is 0 Å². The van der Waals surface area contributed by atoms with Crippen molar-refractivity contribution < 1.29 is 43.8 Å². The van der Waals surface area contributed by atoms with E-state index in [1.807, 2.05) is 44.2 Å². The van der Waals surface area contributed by atoms with E-state index < -0.39 is 70.6 Å². The molecule has 3 aliphatic carbocycles. The van der Waals surface area contributed by atoms with E-state index in [2.05, 4.69) is 13.5 Å². The number of epoxide rings is 1. The Labute approximate surface area is 250 Å². The molecule has 9 nitrogen and oxygen atoms in total. The van der Waals surface area contributed by atoms with Crippen LogP contribution in [-0.4, -0.2) is 74.7 Å². The van der Waals surface area contributed by atoms with Gasteiger partial charge in [0.05, 0.1) is 17.3 Å². The van der Waals surface area contributed by atoms with Crippen LogP contribution in [-0.2, 0) is 29.7 Å². The summed E-state index contributed by atoms with van der Waals surface area (Å²) in [4.78, 5) is 13.0. The highest BCUT2D eigenvalue weighted by atomic mass is 16.9. The standard InChI is InChI=1S/C34H38O9/c1-18(2)30-16-20(4)33-23-15-19(3)25(35)32(23,38)29(37)31(17-39-28(36)21-11-7-5-8-12-21)27(40-31)24(33)26(30)41-34(42-30,43-33)22-13-9-6-10-14-22/h5-14,19-20,23-27,29,35,37-38H,1,15-17H2,2-4H3/t19-,20+,23+,24+,25-,26+,27-,29+,30+,31-,32+,33-,34+/m0/s1. The molecular formula is C34H38O9. The summed E-state index contributed by atoms with van der Waals surface area (Å²) in [6, 6.07) is 18.0. The van der Waals surface area contributed by atoms with Gasteiger partial charge in [0, 0.05) is 17.4 Å². The van der Waals surface area contributed by atoms with Gasteiger partial charge in [-0.05, 0) is 49.3 Å². The Balaban J connectivity index is 1.29. The molecule has 3 heterocycles. The molecule has 3 N–H and O–H groups in total. The van der Waals surface area contributed by atoms with E-state index >= 15 is 0 Å². The Kier molecular flexibility index (Phi) is 5.68. The van der Waals surface area contributed by atoms with Crippen LogP contribution in [0.5, 0.6) is 0 Å². The van der Waals surface area contributed by atoms with Crippen molar-refractivity contribution in [3.63, 3.8) is 0 Å². The van der Waals surface area contributed by atoms with Gasteiger partial charge in [-0.25, -0.2) is 4.79 Å². The third-order valence-corrected chi connectivity index (χ3v) is 11.6. The minimum absolute atomic E-state index is 0.215. The maximum Gasteiger partial charge on any atom is 0.338 e. The molecule has 2 aromatic rings. The predicted molar refractivity (Wildman–Crippen MR) is 151 cm³/mol. The Morgan fingerprint density at radius 2 is 1.67 bits per heavy atom. The van der Waals surface area contributed by atoms with Gasteiger partial charge in [0.15, 0.2) is 5.60 Å². The van der Waals surface area contributed by atoms with Crippen LogP contribution in [0.2, 0.25) is 0 Å². The fraction of sp³-hybridized carbons (Fsp3) is 0.559. The highest BCUT2D eigenvalue weighted by Gasteiger charge is 2.89. The van der Waals surface area contributed by atoms with E-state index in [-0.39, 0.29) is 18.4 Å². The first-order valence-corrected chi connectivity index (χ1v) is 15.2. The van der Waals surface area contributed by atoms with Crippen LogP contribution in [0.4, 0.5) is 0 Å². The Hall–Kier alpha value is -2.63. The molecular weight excluding hydrogens is 552 g/mol. The number of carbonyl (C=O) groups is 1. The molecule has 3 saturated carbocycles. The average molecular weight is 591 g/mol. The summed E-state index contributed by atoms with van der Waals surface area (Å²) in [7, 11) is 0. The van der Waals surface area contributed by atoms with Gasteiger partial charge in [-0.1, -0.05) is 69.0 Å². The number of aliphatic hydroxyl groups excluding tert-OH is 2. The van der Waals surface area contributed by atoms with E-state index in [4.69, 9.17) is 23.7 Å². The lowest BCUT2D eigenvalue weighted by molar-refractivity contribution is -0.443. The van der Waals surface area contributed by atoms with Crippen molar-refractivity contribution >= 4 is 5.97 Å². The van der Waals surface area contributed by atoms with Crippen molar-refractivity contribution in [2.24, 2.45) is 23.7 Å². The Bertz CT molecular complexity index is 1480. The van der Waals surface area contributed by atoms with Crippen LogP contribution >= 0.6 is 0 Å². The van der Waals surface area contributed by atoms with Crippen LogP contribution in [0.1, 0.15) is 49.5 Å². The molecule has 13 atom stereocenters. The van der Waals surface area contributed by atoms with Crippen molar-refractivity contribution in [3.05, 3.63) is 83.9 Å². The van der Waals surface area contributed by atoms with E-state index in [9.17, 15) is 20.1 Å². The minimum atomic E-state index is -2.02. The normalized spacial score (nSPS) is 50.3. The molecule has 3 saturated heterocycles. The van der Waals surface area contributed by atoms with Gasteiger partial charge in [0.2, 0.25) is 0 Å². The molecule has 0 radical (unpaired) electrons. The molecule has 2 aromatic carbocycles. The number of fused-ring (bicyclic) bond motifs is 3. The monoisotopic (exact) mass is 590 g/mol. The summed E-state index contributed by atoms with van der Waals surface area (Å²) in [5.74, 6) is -3.96. The number of ether oxygens (including phenoxy) is 5. The molecule has 228 valence electrons. The van der Waals surface area contributed by atoms with Crippen LogP contribution in [0, 0.1) is 23.7 Å². The van der Waals surface area contributed by atoms with Crippen molar-refractivity contribution in [1.29, 1.82) is 0 Å². The summed E-state index contributed by atoms with van der Waals surface area (Å²) >= 11 is 0. The van der Waals surface area contributed by atoms with Gasteiger partial charge in [-0.15, -0.1) is 0 Å². The second kappa shape index (κ2) is 8.75. The first kappa shape index (κ1) is 27.9. The molecule has 43 heavy (non-hydrogen) atoms. The van der Waals surface area contributed by atoms with Gasteiger partial charge in [-0.2, -0.15) is 0 Å². The van der Waals surface area contributed by atoms with Gasteiger partial charge in [-0.3, -0.25) is 0 Å². The fourth-order valence-electron chi connectivity index (χ4n) is 9.58. The number of benzene rings is 2. The Morgan fingerprint density at radius 1 is 1.00 bits per heavy atom. The Morgan fingerprint density at radius 3 is 2.35 bits per heavy atom. The zero-order valence-corrected chi connectivity index (χ0v) is 24.5. The largest absolute Gasteiger partial charge is 0.459 e. The van der Waals surface area contributed by atoms with Gasteiger partial charge < -0.3 is 39.0 Å². The minimum Gasteiger partial charge on any atom is -0.459 e. The third-order valence-electron chi connectivity index (χ3n) is 11.6. The molecule has 8 rings (SSSR count). The number of aliphatic hydroxyl groups is 3. The maximum atomic E-state index is 13.0. The summed E-state index contributed by atoms with van der Waals surface area (Å²) in [6.45, 7) is 9.89. The topological polar surface area (TPSA) is 127 Å². The average Bonchev–Trinajstić information content (AvgIpc) is 3.63. The van der Waals surface area contributed by atoms with E-state index in [0.717, 1.165) is 5.57 Å². The highest BCUT2D eigenvalue weighted by Crippen LogP contribution is 2.74. The number of hydrogen-bond acceptors (Lipinski definition) is 9. The molecule has 0 amide bonds. The van der Waals surface area contributed by atoms with Crippen LogP contribution in [0.3, 0.4) is 0 Å². The van der Waals surface area contributed by atoms with Crippen LogP contribution < -0.4 is 0 Å². The summed E-state index contributed by atoms with van der Waals surface area (Å²) in [6.07, 6.45) is -3.25. The lowest BCUT2D eigenvalue weighted by Gasteiger charge is -2.60. The predicted octanol–water partition coefficient (Wildman–Crippen LogP) is 3.07. The van der Waals surface area contributed by atoms with Crippen molar-refractivity contribution in [3.8, 4) is 0 Å². The molecule has 3 bridgehead atoms. The second-order valence-corrected chi connectivity index (χ2v) is 13.8. The number of rotatable bonds is 5. The summed E-state index contributed by atoms with van der Waals surface area (Å²) < 4.78 is 33.2. The quantitative estimate of drug-likeness (QED) is 0.274. The molecule has 3 aliphatic heterocycles. The number of esters is 1. The van der Waals surface area contributed by atoms with E-state index in [1.54, 1.807) is 30.3 Å². The van der Waals surface area contributed by atoms with E-state index in [0.29, 0.717) is 24.0 Å². The molecule has 6 aliphatic rings. The smallest absolute Gasteiger partial charge is 0.338 e. The number of carbonyl (C=O) groups excluding carboxylic acids is 1. The first-order chi connectivity index (χ1) is 20.5. The summed E-state index contributed by atoms with van der Waals surface area (Å²) in [5, 5.41) is 36.4. The third kappa shape index (κ3) is 3.23. The zero-order valence-electron chi connectivity index (χ0n) is 24.5. The van der Waals surface area contributed by atoms with Crippen molar-refractivity contribution in [2.75, 3.05) is 6.61 Å². The molecule has 0 unspecified atom stereocenters. The summed E-state index contributed by atoms with van der Waals surface area (Å²) in [5.41, 5.74) is -3.76. The molecule has 0 spiro atoms. The fourth-order valence-corrected chi connectivity index (χ4v) is 9.58. The van der Waals surface area contributed by atoms with Gasteiger partial charge >= 0.3 is 11.9 Å². The van der Waals surface area contributed by atoms with Crippen molar-refractivity contribution in [2.45, 2.75) is 86.4 Å². The zero-order chi connectivity index (χ0) is 30.2. The first-order valence-electron chi connectivity index (χ1n) is 15.2. The number of hydrogen-bond donors (Lipinski definition) is 3. The van der Waals surface area contributed by atoms with Crippen LogP contribution in [0.15, 0.2) is 72.8 Å². The van der Waals surface area contributed by atoms with Crippen molar-refractivity contribution in [1.82, 2.24) is 0 Å². The van der Waals surface area contributed by atoms with Gasteiger partial charge in [0.1, 0.15) is 36.1 Å². The van der Waals surface area contributed by atoms with E-state index in [1.165, 1.54) is 0 Å². The highest BCUT2D eigenvalue weighted by molar-refractivity contribution is 5.89. The molecule has 6 fully saturated rings. The molecule has 9 heteroatoms. The molecule has 0 aromatic heterocycles. The SMILES string of the molecule is C=C(C)[C@]12C[C@@H](C)[C@@]34O[C@](c5ccccc5)(O[C@@H]1[C@@H]3[C@@H]1O[C@]1(COC(=O)c1ccccc1)[C@@H](O)[C@@]1(O)[C@H]4C[C@H](C)[C@@H]1O)O2. The lowest BCUT2D eigenvalue weighted by atomic mass is 9.54.